The van der Waals surface area contributed by atoms with E-state index in [1.54, 1.807) is 0 Å². The van der Waals surface area contributed by atoms with Crippen LogP contribution >= 0.6 is 11.3 Å². The van der Waals surface area contributed by atoms with Crippen molar-refractivity contribution >= 4 is 22.4 Å². The van der Waals surface area contributed by atoms with Gasteiger partial charge in [0.25, 0.3) is 0 Å². The van der Waals surface area contributed by atoms with E-state index >= 15 is 0 Å². The lowest BCUT2D eigenvalue weighted by molar-refractivity contribution is -0.114. The molecule has 6 heteroatoms. The SMILES string of the molecule is CCN1CCN(Cc2csc(NC(C)=O)n2)CC1. The van der Waals surface area contributed by atoms with Gasteiger partial charge in [-0.15, -0.1) is 11.3 Å². The Labute approximate surface area is 112 Å². The van der Waals surface area contributed by atoms with Gasteiger partial charge in [0.05, 0.1) is 5.69 Å². The molecule has 0 bridgehead atoms. The van der Waals surface area contributed by atoms with Crippen LogP contribution in [-0.2, 0) is 11.3 Å². The predicted octanol–water partition coefficient (Wildman–Crippen LogP) is 1.24. The summed E-state index contributed by atoms with van der Waals surface area (Å²) in [6.45, 7) is 10.2. The highest BCUT2D eigenvalue weighted by molar-refractivity contribution is 7.13. The van der Waals surface area contributed by atoms with E-state index in [-0.39, 0.29) is 5.91 Å². The lowest BCUT2D eigenvalue weighted by Crippen LogP contribution is -2.45. The summed E-state index contributed by atoms with van der Waals surface area (Å²) in [5.41, 5.74) is 1.05. The van der Waals surface area contributed by atoms with Gasteiger partial charge in [0.1, 0.15) is 0 Å². The molecular formula is C12H20N4OS. The maximum atomic E-state index is 10.9. The molecule has 0 spiro atoms. The van der Waals surface area contributed by atoms with Crippen molar-refractivity contribution in [3.8, 4) is 0 Å². The molecule has 0 atom stereocenters. The van der Waals surface area contributed by atoms with Gasteiger partial charge in [0, 0.05) is 45.0 Å². The van der Waals surface area contributed by atoms with E-state index < -0.39 is 0 Å². The van der Waals surface area contributed by atoms with Crippen molar-refractivity contribution < 1.29 is 4.79 Å². The maximum Gasteiger partial charge on any atom is 0.223 e. The predicted molar refractivity (Wildman–Crippen MR) is 73.8 cm³/mol. The molecule has 1 aromatic rings. The second kappa shape index (κ2) is 6.26. The van der Waals surface area contributed by atoms with Crippen LogP contribution in [0.3, 0.4) is 0 Å². The lowest BCUT2D eigenvalue weighted by atomic mass is 10.3. The molecular weight excluding hydrogens is 248 g/mol. The molecule has 2 heterocycles. The molecule has 0 saturated carbocycles. The van der Waals surface area contributed by atoms with Gasteiger partial charge in [-0.3, -0.25) is 9.69 Å². The average molecular weight is 268 g/mol. The molecule has 1 N–H and O–H groups in total. The van der Waals surface area contributed by atoms with E-state index in [1.165, 1.54) is 18.3 Å². The first-order valence-corrected chi connectivity index (χ1v) is 7.22. The quantitative estimate of drug-likeness (QED) is 0.892. The zero-order valence-electron chi connectivity index (χ0n) is 11.0. The highest BCUT2D eigenvalue weighted by Crippen LogP contribution is 2.17. The van der Waals surface area contributed by atoms with E-state index in [2.05, 4.69) is 27.0 Å². The number of piperazine rings is 1. The summed E-state index contributed by atoms with van der Waals surface area (Å²) < 4.78 is 0. The van der Waals surface area contributed by atoms with Gasteiger partial charge in [-0.1, -0.05) is 6.92 Å². The van der Waals surface area contributed by atoms with Crippen LogP contribution in [0, 0.1) is 0 Å². The lowest BCUT2D eigenvalue weighted by Gasteiger charge is -2.33. The van der Waals surface area contributed by atoms with E-state index in [4.69, 9.17) is 0 Å². The van der Waals surface area contributed by atoms with Crippen molar-refractivity contribution in [1.29, 1.82) is 0 Å². The number of anilines is 1. The monoisotopic (exact) mass is 268 g/mol. The van der Waals surface area contributed by atoms with E-state index in [0.29, 0.717) is 5.13 Å². The maximum absolute atomic E-state index is 10.9. The molecule has 18 heavy (non-hydrogen) atoms. The zero-order chi connectivity index (χ0) is 13.0. The van der Waals surface area contributed by atoms with Crippen LogP contribution in [-0.4, -0.2) is 53.4 Å². The molecule has 1 amide bonds. The standard InChI is InChI=1S/C12H20N4OS/c1-3-15-4-6-16(7-5-15)8-11-9-18-12(14-11)13-10(2)17/h9H,3-8H2,1-2H3,(H,13,14,17). The first-order chi connectivity index (χ1) is 8.67. The van der Waals surface area contributed by atoms with Crippen LogP contribution in [0.2, 0.25) is 0 Å². The molecule has 1 aliphatic heterocycles. The van der Waals surface area contributed by atoms with Gasteiger partial charge in [-0.2, -0.15) is 0 Å². The summed E-state index contributed by atoms with van der Waals surface area (Å²) >= 11 is 1.49. The van der Waals surface area contributed by atoms with Crippen molar-refractivity contribution in [3.63, 3.8) is 0 Å². The largest absolute Gasteiger partial charge is 0.302 e. The summed E-state index contributed by atoms with van der Waals surface area (Å²) in [7, 11) is 0. The van der Waals surface area contributed by atoms with Gasteiger partial charge >= 0.3 is 0 Å². The Balaban J connectivity index is 1.83. The fraction of sp³-hybridized carbons (Fsp3) is 0.667. The van der Waals surface area contributed by atoms with Crippen molar-refractivity contribution in [2.24, 2.45) is 0 Å². The second-order valence-electron chi connectivity index (χ2n) is 4.54. The Hall–Kier alpha value is -0.980. The molecule has 0 aromatic carbocycles. The fourth-order valence-corrected chi connectivity index (χ4v) is 2.83. The third-order valence-corrected chi connectivity index (χ3v) is 3.94. The Morgan fingerprint density at radius 1 is 1.39 bits per heavy atom. The molecule has 1 saturated heterocycles. The van der Waals surface area contributed by atoms with Gasteiger partial charge in [-0.05, 0) is 6.54 Å². The molecule has 0 radical (unpaired) electrons. The number of carbonyl (C=O) groups excluding carboxylic acids is 1. The van der Waals surface area contributed by atoms with Crippen LogP contribution in [0.25, 0.3) is 0 Å². The third kappa shape index (κ3) is 3.76. The van der Waals surface area contributed by atoms with Crippen LogP contribution in [0.1, 0.15) is 19.5 Å². The van der Waals surface area contributed by atoms with Crippen LogP contribution < -0.4 is 5.32 Å². The number of hydrogen-bond acceptors (Lipinski definition) is 5. The molecule has 5 nitrogen and oxygen atoms in total. The Bertz CT molecular complexity index is 399. The van der Waals surface area contributed by atoms with E-state index in [9.17, 15) is 4.79 Å². The summed E-state index contributed by atoms with van der Waals surface area (Å²) in [5, 5.41) is 5.44. The number of thiazole rings is 1. The number of nitrogens with zero attached hydrogens (tertiary/aromatic N) is 3. The number of rotatable bonds is 4. The summed E-state index contributed by atoms with van der Waals surface area (Å²) in [6.07, 6.45) is 0. The topological polar surface area (TPSA) is 48.5 Å². The average Bonchev–Trinajstić information content (AvgIpc) is 2.76. The number of amides is 1. The molecule has 1 aromatic heterocycles. The van der Waals surface area contributed by atoms with Crippen molar-refractivity contribution in [1.82, 2.24) is 14.8 Å². The number of likely N-dealkylation sites (N-methyl/N-ethyl adjacent to an activating group) is 1. The first-order valence-electron chi connectivity index (χ1n) is 6.34. The number of aromatic nitrogens is 1. The summed E-state index contributed by atoms with van der Waals surface area (Å²) in [6, 6.07) is 0. The molecule has 0 unspecified atom stereocenters. The highest BCUT2D eigenvalue weighted by atomic mass is 32.1. The van der Waals surface area contributed by atoms with Gasteiger partial charge in [0.15, 0.2) is 5.13 Å². The summed E-state index contributed by atoms with van der Waals surface area (Å²) in [4.78, 5) is 20.2. The molecule has 1 fully saturated rings. The minimum absolute atomic E-state index is 0.0625. The minimum atomic E-state index is -0.0625. The molecule has 2 rings (SSSR count). The Morgan fingerprint density at radius 2 is 2.06 bits per heavy atom. The Kier molecular flexibility index (Phi) is 4.68. The fourth-order valence-electron chi connectivity index (χ4n) is 2.08. The van der Waals surface area contributed by atoms with Crippen molar-refractivity contribution in [3.05, 3.63) is 11.1 Å². The van der Waals surface area contributed by atoms with Gasteiger partial charge < -0.3 is 10.2 Å². The first kappa shape index (κ1) is 13.5. The smallest absolute Gasteiger partial charge is 0.223 e. The summed E-state index contributed by atoms with van der Waals surface area (Å²) in [5.74, 6) is -0.0625. The number of hydrogen-bond donors (Lipinski definition) is 1. The van der Waals surface area contributed by atoms with E-state index in [1.807, 2.05) is 5.38 Å². The molecule has 0 aliphatic carbocycles. The minimum Gasteiger partial charge on any atom is -0.302 e. The van der Waals surface area contributed by atoms with Gasteiger partial charge in [0.2, 0.25) is 5.91 Å². The van der Waals surface area contributed by atoms with Crippen LogP contribution in [0.15, 0.2) is 5.38 Å². The van der Waals surface area contributed by atoms with Crippen LogP contribution in [0.5, 0.6) is 0 Å². The zero-order valence-corrected chi connectivity index (χ0v) is 11.8. The van der Waals surface area contributed by atoms with E-state index in [0.717, 1.165) is 45.0 Å². The van der Waals surface area contributed by atoms with Crippen molar-refractivity contribution in [2.45, 2.75) is 20.4 Å². The van der Waals surface area contributed by atoms with Crippen LogP contribution in [0.4, 0.5) is 5.13 Å². The van der Waals surface area contributed by atoms with Crippen molar-refractivity contribution in [2.75, 3.05) is 38.0 Å². The Morgan fingerprint density at radius 3 is 2.67 bits per heavy atom. The normalized spacial score (nSPS) is 17.9. The number of nitrogens with one attached hydrogen (secondary N) is 1. The molecule has 1 aliphatic rings. The molecule has 100 valence electrons. The second-order valence-corrected chi connectivity index (χ2v) is 5.39. The van der Waals surface area contributed by atoms with Gasteiger partial charge in [-0.25, -0.2) is 4.98 Å². The third-order valence-electron chi connectivity index (χ3n) is 3.13. The number of carbonyl (C=O) groups is 1. The highest BCUT2D eigenvalue weighted by Gasteiger charge is 2.16.